The van der Waals surface area contributed by atoms with Crippen LogP contribution in [0.4, 0.5) is 4.39 Å². The van der Waals surface area contributed by atoms with Crippen molar-refractivity contribution < 1.29 is 31.8 Å². The Bertz CT molecular complexity index is 1250. The molecule has 0 bridgehead atoms. The molecule has 0 spiro atoms. The molecule has 8 nitrogen and oxygen atoms in total. The molecule has 1 aromatic heterocycles. The summed E-state index contributed by atoms with van der Waals surface area (Å²) in [6, 6.07) is 7.63. The van der Waals surface area contributed by atoms with Crippen molar-refractivity contribution in [2.75, 3.05) is 20.8 Å². The number of rotatable bonds is 7. The van der Waals surface area contributed by atoms with Gasteiger partial charge in [0.15, 0.2) is 0 Å². The van der Waals surface area contributed by atoms with Gasteiger partial charge in [0.05, 0.1) is 25.7 Å². The molecule has 0 saturated heterocycles. The average Bonchev–Trinajstić information content (AvgIpc) is 3.05. The van der Waals surface area contributed by atoms with E-state index in [0.29, 0.717) is 21.7 Å². The molecule has 0 unspecified atom stereocenters. The number of hydrogen-bond acceptors (Lipinski definition) is 7. The summed E-state index contributed by atoms with van der Waals surface area (Å²) in [4.78, 5) is 12.0. The number of esters is 1. The van der Waals surface area contributed by atoms with Gasteiger partial charge in [-0.3, -0.25) is 4.79 Å². The van der Waals surface area contributed by atoms with E-state index in [1.165, 1.54) is 18.8 Å². The maximum Gasteiger partial charge on any atom is 0.326 e. The number of thiazole rings is 1. The standard InChI is InChI=1S/C19H19FN2O6S2/c1-4-28-16(23)11-22-17-14(26-2)9-10-15(27-3)18(17)29-19(22)21-30(24,25)13-7-5-12(20)6-8-13/h5-10H,4,11H2,1-3H3/b21-19-. The minimum atomic E-state index is -4.17. The second-order valence-electron chi connectivity index (χ2n) is 5.94. The minimum Gasteiger partial charge on any atom is -0.495 e. The highest BCUT2D eigenvalue weighted by molar-refractivity contribution is 7.90. The van der Waals surface area contributed by atoms with Gasteiger partial charge in [-0.2, -0.15) is 8.42 Å². The fourth-order valence-corrected chi connectivity index (χ4v) is 5.11. The monoisotopic (exact) mass is 454 g/mol. The Morgan fingerprint density at radius 2 is 1.73 bits per heavy atom. The van der Waals surface area contributed by atoms with Crippen molar-refractivity contribution in [1.29, 1.82) is 0 Å². The summed E-state index contributed by atoms with van der Waals surface area (Å²) in [6.45, 7) is 1.56. The van der Waals surface area contributed by atoms with Gasteiger partial charge < -0.3 is 18.8 Å². The van der Waals surface area contributed by atoms with Crippen LogP contribution in [0.5, 0.6) is 11.5 Å². The normalized spacial score (nSPS) is 12.2. The van der Waals surface area contributed by atoms with Crippen LogP contribution in [0.2, 0.25) is 0 Å². The maximum atomic E-state index is 13.2. The minimum absolute atomic E-state index is 0.0187. The summed E-state index contributed by atoms with van der Waals surface area (Å²) in [5.41, 5.74) is 0.447. The van der Waals surface area contributed by atoms with Crippen LogP contribution in [-0.2, 0) is 26.1 Å². The molecule has 3 aromatic rings. The van der Waals surface area contributed by atoms with Crippen molar-refractivity contribution in [3.63, 3.8) is 0 Å². The smallest absolute Gasteiger partial charge is 0.326 e. The van der Waals surface area contributed by atoms with Crippen LogP contribution < -0.4 is 14.3 Å². The van der Waals surface area contributed by atoms with Crippen molar-refractivity contribution in [1.82, 2.24) is 4.57 Å². The third-order valence-corrected chi connectivity index (χ3v) is 6.58. The number of nitrogens with zero attached hydrogens (tertiary/aromatic N) is 2. The van der Waals surface area contributed by atoms with Crippen LogP contribution >= 0.6 is 11.3 Å². The maximum absolute atomic E-state index is 13.2. The summed E-state index contributed by atoms with van der Waals surface area (Å²) in [5, 5.41) is 0. The Kier molecular flexibility index (Phi) is 6.42. The number of carbonyl (C=O) groups is 1. The number of hydrogen-bond donors (Lipinski definition) is 0. The Labute approximate surface area is 176 Å². The number of fused-ring (bicyclic) bond motifs is 1. The number of aromatic nitrogens is 1. The van der Waals surface area contributed by atoms with Gasteiger partial charge in [-0.1, -0.05) is 11.3 Å². The fourth-order valence-electron chi connectivity index (χ4n) is 2.77. The van der Waals surface area contributed by atoms with Crippen molar-refractivity contribution >= 4 is 37.5 Å². The van der Waals surface area contributed by atoms with Crippen LogP contribution in [0, 0.1) is 5.82 Å². The van der Waals surface area contributed by atoms with Gasteiger partial charge in [0.2, 0.25) is 4.80 Å². The number of halogens is 1. The summed E-state index contributed by atoms with van der Waals surface area (Å²) < 4.78 is 60.4. The first-order valence-corrected chi connectivity index (χ1v) is 11.0. The lowest BCUT2D eigenvalue weighted by Crippen LogP contribution is -2.23. The molecule has 0 amide bonds. The van der Waals surface area contributed by atoms with Gasteiger partial charge in [0.1, 0.15) is 34.1 Å². The van der Waals surface area contributed by atoms with Crippen LogP contribution in [-0.4, -0.2) is 39.8 Å². The Morgan fingerprint density at radius 1 is 1.10 bits per heavy atom. The largest absolute Gasteiger partial charge is 0.495 e. The summed E-state index contributed by atoms with van der Waals surface area (Å²) in [7, 11) is -1.24. The lowest BCUT2D eigenvalue weighted by Gasteiger charge is -2.10. The molecule has 0 radical (unpaired) electrons. The van der Waals surface area contributed by atoms with E-state index in [2.05, 4.69) is 4.40 Å². The third kappa shape index (κ3) is 4.31. The van der Waals surface area contributed by atoms with Crippen LogP contribution in [0.3, 0.4) is 0 Å². The van der Waals surface area contributed by atoms with Gasteiger partial charge in [0, 0.05) is 0 Å². The number of carbonyl (C=O) groups excluding carboxylic acids is 1. The predicted octanol–water partition coefficient (Wildman–Crippen LogP) is 2.71. The summed E-state index contributed by atoms with van der Waals surface area (Å²) in [6.07, 6.45) is 0. The number of methoxy groups -OCH3 is 2. The molecule has 160 valence electrons. The first-order valence-electron chi connectivity index (χ1n) is 8.77. The van der Waals surface area contributed by atoms with E-state index in [4.69, 9.17) is 14.2 Å². The summed E-state index contributed by atoms with van der Waals surface area (Å²) in [5.74, 6) is -0.258. The molecule has 0 aliphatic heterocycles. The Balaban J connectivity index is 2.30. The molecule has 1 heterocycles. The first kappa shape index (κ1) is 21.8. The molecule has 2 aromatic carbocycles. The number of sulfonamides is 1. The zero-order valence-electron chi connectivity index (χ0n) is 16.4. The first-order chi connectivity index (χ1) is 14.3. The predicted molar refractivity (Wildman–Crippen MR) is 109 cm³/mol. The van der Waals surface area contributed by atoms with E-state index < -0.39 is 21.8 Å². The highest BCUT2D eigenvalue weighted by atomic mass is 32.2. The van der Waals surface area contributed by atoms with Crippen LogP contribution in [0.25, 0.3) is 10.2 Å². The van der Waals surface area contributed by atoms with Gasteiger partial charge in [-0.05, 0) is 43.3 Å². The lowest BCUT2D eigenvalue weighted by atomic mass is 10.3. The highest BCUT2D eigenvalue weighted by Gasteiger charge is 2.21. The average molecular weight is 455 g/mol. The quantitative estimate of drug-likeness (QED) is 0.510. The number of benzene rings is 2. The van der Waals surface area contributed by atoms with Crippen molar-refractivity contribution in [2.24, 2.45) is 4.40 Å². The molecule has 0 aliphatic rings. The molecular weight excluding hydrogens is 435 g/mol. The van der Waals surface area contributed by atoms with Crippen molar-refractivity contribution in [3.05, 3.63) is 47.0 Å². The van der Waals surface area contributed by atoms with Crippen molar-refractivity contribution in [3.8, 4) is 11.5 Å². The van der Waals surface area contributed by atoms with Gasteiger partial charge in [-0.15, -0.1) is 4.40 Å². The molecule has 0 aliphatic carbocycles. The Morgan fingerprint density at radius 3 is 2.33 bits per heavy atom. The molecule has 30 heavy (non-hydrogen) atoms. The Hall–Kier alpha value is -2.92. The number of ether oxygens (including phenoxy) is 3. The molecule has 0 atom stereocenters. The van der Waals surface area contributed by atoms with Gasteiger partial charge in [0.25, 0.3) is 10.0 Å². The molecular formula is C19H19FN2O6S2. The van der Waals surface area contributed by atoms with Gasteiger partial charge >= 0.3 is 5.97 Å². The van der Waals surface area contributed by atoms with E-state index in [-0.39, 0.29) is 22.8 Å². The van der Waals surface area contributed by atoms with Crippen molar-refractivity contribution in [2.45, 2.75) is 18.4 Å². The third-order valence-electron chi connectivity index (χ3n) is 4.09. The van der Waals surface area contributed by atoms with Crippen LogP contribution in [0.15, 0.2) is 45.7 Å². The van der Waals surface area contributed by atoms with Crippen LogP contribution in [0.1, 0.15) is 6.92 Å². The zero-order chi connectivity index (χ0) is 21.9. The molecule has 0 fully saturated rings. The van der Waals surface area contributed by atoms with E-state index in [0.717, 1.165) is 35.6 Å². The second-order valence-corrected chi connectivity index (χ2v) is 8.53. The second kappa shape index (κ2) is 8.84. The van der Waals surface area contributed by atoms with E-state index >= 15 is 0 Å². The SMILES string of the molecule is CCOC(=O)Cn1/c(=N/S(=O)(=O)c2ccc(F)cc2)sc2c(OC)ccc(OC)c21. The van der Waals surface area contributed by atoms with E-state index in [9.17, 15) is 17.6 Å². The molecule has 3 rings (SSSR count). The van der Waals surface area contributed by atoms with Gasteiger partial charge in [-0.25, -0.2) is 4.39 Å². The van der Waals surface area contributed by atoms with E-state index in [1.54, 1.807) is 19.1 Å². The highest BCUT2D eigenvalue weighted by Crippen LogP contribution is 2.35. The topological polar surface area (TPSA) is 96.2 Å². The molecule has 0 N–H and O–H groups in total. The van der Waals surface area contributed by atoms with E-state index in [1.807, 2.05) is 0 Å². The fraction of sp³-hybridized carbons (Fsp3) is 0.263. The molecule has 11 heteroatoms. The lowest BCUT2D eigenvalue weighted by molar-refractivity contribution is -0.143. The summed E-state index contributed by atoms with van der Waals surface area (Å²) >= 11 is 1.02. The zero-order valence-corrected chi connectivity index (χ0v) is 18.0. The molecule has 0 saturated carbocycles.